The number of amides is 2. The Morgan fingerprint density at radius 3 is 2.81 bits per heavy atom. The minimum Gasteiger partial charge on any atom is -0.326 e. The maximum absolute atomic E-state index is 13.8. The molecule has 9 heteroatoms. The van der Waals surface area contributed by atoms with Gasteiger partial charge in [-0.05, 0) is 36.2 Å². The number of H-pyrrole nitrogens is 1. The van der Waals surface area contributed by atoms with Crippen LogP contribution in [0.5, 0.6) is 0 Å². The molecule has 2 heterocycles. The van der Waals surface area contributed by atoms with E-state index in [1.165, 1.54) is 6.07 Å². The molecule has 3 N–H and O–H groups in total. The molecule has 0 radical (unpaired) electrons. The number of halogens is 1. The Kier molecular flexibility index (Phi) is 5.85. The van der Waals surface area contributed by atoms with Crippen molar-refractivity contribution in [1.29, 1.82) is 0 Å². The number of aromatic amines is 1. The quantitative estimate of drug-likeness (QED) is 0.417. The lowest BCUT2D eigenvalue weighted by atomic mass is 9.92. The molecule has 2 aromatic carbocycles. The summed E-state index contributed by atoms with van der Waals surface area (Å²) in [4.78, 5) is 44.8. The zero-order valence-corrected chi connectivity index (χ0v) is 17.4. The predicted octanol–water partition coefficient (Wildman–Crippen LogP) is 3.57. The number of aromatic nitrogens is 2. The lowest BCUT2D eigenvalue weighted by molar-refractivity contribution is -0.123. The molecule has 0 unspecified atom stereocenters. The average molecular weight is 438 g/mol. The first kappa shape index (κ1) is 20.8. The fraction of sp³-hybridized carbons (Fsp3) is 0.182. The maximum atomic E-state index is 13.8. The average Bonchev–Trinajstić information content (AvgIpc) is 2.72. The smallest absolute Gasteiger partial charge is 0.257 e. The molecular formula is C22H19FN4O3S. The third kappa shape index (κ3) is 4.66. The molecular weight excluding hydrogens is 419 g/mol. The van der Waals surface area contributed by atoms with Crippen molar-refractivity contribution in [2.45, 2.75) is 30.2 Å². The monoisotopic (exact) mass is 438 g/mol. The Morgan fingerprint density at radius 2 is 2.03 bits per heavy atom. The van der Waals surface area contributed by atoms with Gasteiger partial charge >= 0.3 is 0 Å². The molecule has 2 amide bonds. The number of hydrogen-bond acceptors (Lipinski definition) is 5. The molecule has 1 aromatic heterocycles. The van der Waals surface area contributed by atoms with Gasteiger partial charge in [0.1, 0.15) is 11.6 Å². The van der Waals surface area contributed by atoms with Crippen molar-refractivity contribution in [2.75, 3.05) is 10.6 Å². The standard InChI is InChI=1S/C22H19FN4O3S/c1-12-5-4-7-14(9-12)24-20(29)15-10-17(28)25-19-18(15)21(30)27-22(26-19)31-11-13-6-2-3-8-16(13)23/h2-9,15H,10-11H2,1H3,(H,24,29)(H2,25,26,27,28,30)/t15-/m1/s1. The van der Waals surface area contributed by atoms with Gasteiger partial charge in [0.2, 0.25) is 11.8 Å². The summed E-state index contributed by atoms with van der Waals surface area (Å²) in [7, 11) is 0. The first-order chi connectivity index (χ1) is 14.9. The van der Waals surface area contributed by atoms with E-state index in [0.29, 0.717) is 11.3 Å². The summed E-state index contributed by atoms with van der Waals surface area (Å²) < 4.78 is 13.8. The topological polar surface area (TPSA) is 104 Å². The third-order valence-electron chi connectivity index (χ3n) is 4.85. The second-order valence-electron chi connectivity index (χ2n) is 7.18. The summed E-state index contributed by atoms with van der Waals surface area (Å²) in [6.45, 7) is 1.90. The number of carbonyl (C=O) groups is 2. The van der Waals surface area contributed by atoms with E-state index in [1.807, 2.05) is 13.0 Å². The first-order valence-corrected chi connectivity index (χ1v) is 10.6. The number of nitrogens with zero attached hydrogens (tertiary/aromatic N) is 1. The van der Waals surface area contributed by atoms with Crippen LogP contribution in [-0.2, 0) is 15.3 Å². The van der Waals surface area contributed by atoms with Crippen LogP contribution in [0.1, 0.15) is 29.0 Å². The highest BCUT2D eigenvalue weighted by Gasteiger charge is 2.34. The van der Waals surface area contributed by atoms with Crippen molar-refractivity contribution in [3.8, 4) is 0 Å². The molecule has 0 saturated carbocycles. The fourth-order valence-corrected chi connectivity index (χ4v) is 4.20. The van der Waals surface area contributed by atoms with Crippen molar-refractivity contribution in [2.24, 2.45) is 0 Å². The predicted molar refractivity (Wildman–Crippen MR) is 117 cm³/mol. The van der Waals surface area contributed by atoms with Gasteiger partial charge in [-0.25, -0.2) is 9.37 Å². The Labute approximate surface area is 181 Å². The number of aryl methyl sites for hydroxylation is 1. The Hall–Kier alpha value is -3.46. The van der Waals surface area contributed by atoms with Crippen molar-refractivity contribution in [3.05, 3.63) is 81.4 Å². The van der Waals surface area contributed by atoms with E-state index in [1.54, 1.807) is 36.4 Å². The van der Waals surface area contributed by atoms with Gasteiger partial charge in [-0.1, -0.05) is 42.1 Å². The number of rotatable bonds is 5. The fourth-order valence-electron chi connectivity index (χ4n) is 3.36. The number of carbonyl (C=O) groups excluding carboxylic acids is 2. The van der Waals surface area contributed by atoms with Crippen LogP contribution in [-0.4, -0.2) is 21.8 Å². The Morgan fingerprint density at radius 1 is 1.23 bits per heavy atom. The summed E-state index contributed by atoms with van der Waals surface area (Å²) in [5.41, 5.74) is 1.62. The van der Waals surface area contributed by atoms with Gasteiger partial charge in [0.05, 0.1) is 11.5 Å². The number of thioether (sulfide) groups is 1. The van der Waals surface area contributed by atoms with E-state index < -0.39 is 23.3 Å². The highest BCUT2D eigenvalue weighted by molar-refractivity contribution is 7.98. The van der Waals surface area contributed by atoms with Crippen molar-refractivity contribution in [3.63, 3.8) is 0 Å². The summed E-state index contributed by atoms with van der Waals surface area (Å²) in [5.74, 6) is -1.87. The van der Waals surface area contributed by atoms with Crippen LogP contribution in [0.25, 0.3) is 0 Å². The molecule has 0 aliphatic carbocycles. The molecule has 1 atom stereocenters. The van der Waals surface area contributed by atoms with Crippen molar-refractivity contribution in [1.82, 2.24) is 9.97 Å². The SMILES string of the molecule is Cc1cccc(NC(=O)[C@@H]2CC(=O)Nc3nc(SCc4ccccc4F)[nH]c(=O)c32)c1. The van der Waals surface area contributed by atoms with Gasteiger partial charge in [0, 0.05) is 17.9 Å². The number of benzene rings is 2. The molecule has 0 fully saturated rings. The largest absolute Gasteiger partial charge is 0.326 e. The molecule has 31 heavy (non-hydrogen) atoms. The van der Waals surface area contributed by atoms with Crippen LogP contribution >= 0.6 is 11.8 Å². The van der Waals surface area contributed by atoms with Gasteiger partial charge in [0.15, 0.2) is 5.16 Å². The summed E-state index contributed by atoms with van der Waals surface area (Å²) in [6.07, 6.45) is -0.156. The summed E-state index contributed by atoms with van der Waals surface area (Å²) in [6, 6.07) is 13.6. The summed E-state index contributed by atoms with van der Waals surface area (Å²) >= 11 is 1.13. The zero-order chi connectivity index (χ0) is 22.0. The first-order valence-electron chi connectivity index (χ1n) is 9.58. The van der Waals surface area contributed by atoms with Gasteiger partial charge < -0.3 is 15.6 Å². The lowest BCUT2D eigenvalue weighted by Crippen LogP contribution is -2.36. The van der Waals surface area contributed by atoms with E-state index in [2.05, 4.69) is 20.6 Å². The van der Waals surface area contributed by atoms with Crippen LogP contribution in [0.4, 0.5) is 15.9 Å². The molecule has 7 nitrogen and oxygen atoms in total. The maximum Gasteiger partial charge on any atom is 0.257 e. The molecule has 0 saturated heterocycles. The van der Waals surface area contributed by atoms with Gasteiger partial charge in [-0.3, -0.25) is 14.4 Å². The van der Waals surface area contributed by atoms with Gasteiger partial charge in [-0.2, -0.15) is 0 Å². The van der Waals surface area contributed by atoms with Gasteiger partial charge in [-0.15, -0.1) is 0 Å². The van der Waals surface area contributed by atoms with E-state index in [-0.39, 0.29) is 34.5 Å². The van der Waals surface area contributed by atoms with E-state index in [0.717, 1.165) is 17.3 Å². The Balaban J connectivity index is 1.58. The second-order valence-corrected chi connectivity index (χ2v) is 8.14. The normalized spacial score (nSPS) is 15.2. The number of anilines is 2. The van der Waals surface area contributed by atoms with Crippen molar-refractivity contribution >= 4 is 35.1 Å². The molecule has 1 aliphatic rings. The van der Waals surface area contributed by atoms with Crippen molar-refractivity contribution < 1.29 is 14.0 Å². The number of nitrogens with one attached hydrogen (secondary N) is 3. The van der Waals surface area contributed by atoms with Crippen LogP contribution in [0, 0.1) is 12.7 Å². The highest BCUT2D eigenvalue weighted by atomic mass is 32.2. The van der Waals surface area contributed by atoms with Crippen LogP contribution < -0.4 is 16.2 Å². The molecule has 0 bridgehead atoms. The minimum absolute atomic E-state index is 0.0559. The molecule has 1 aliphatic heterocycles. The minimum atomic E-state index is -0.967. The molecule has 0 spiro atoms. The van der Waals surface area contributed by atoms with Gasteiger partial charge in [0.25, 0.3) is 5.56 Å². The molecule has 4 rings (SSSR count). The second kappa shape index (κ2) is 8.73. The van der Waals surface area contributed by atoms with Crippen LogP contribution in [0.3, 0.4) is 0 Å². The number of hydrogen-bond donors (Lipinski definition) is 3. The highest BCUT2D eigenvalue weighted by Crippen LogP contribution is 2.31. The lowest BCUT2D eigenvalue weighted by Gasteiger charge is -2.23. The zero-order valence-electron chi connectivity index (χ0n) is 16.6. The molecule has 3 aromatic rings. The van der Waals surface area contributed by atoms with E-state index in [4.69, 9.17) is 0 Å². The van der Waals surface area contributed by atoms with E-state index in [9.17, 15) is 18.8 Å². The van der Waals surface area contributed by atoms with E-state index >= 15 is 0 Å². The van der Waals surface area contributed by atoms with Crippen LogP contribution in [0.15, 0.2) is 58.5 Å². The molecule has 158 valence electrons. The summed E-state index contributed by atoms with van der Waals surface area (Å²) in [5, 5.41) is 5.56. The number of fused-ring (bicyclic) bond motifs is 1. The Bertz CT molecular complexity index is 1230. The van der Waals surface area contributed by atoms with Crippen LogP contribution in [0.2, 0.25) is 0 Å². The third-order valence-corrected chi connectivity index (χ3v) is 5.78.